The van der Waals surface area contributed by atoms with Crippen molar-refractivity contribution in [1.29, 1.82) is 0 Å². The molecular formula is C12H18N2O3. The van der Waals surface area contributed by atoms with Crippen LogP contribution >= 0.6 is 0 Å². The van der Waals surface area contributed by atoms with Gasteiger partial charge in [0.1, 0.15) is 6.54 Å². The van der Waals surface area contributed by atoms with Gasteiger partial charge in [0.25, 0.3) is 0 Å². The summed E-state index contributed by atoms with van der Waals surface area (Å²) < 4.78 is 4.46. The summed E-state index contributed by atoms with van der Waals surface area (Å²) in [7, 11) is 1.30. The number of amides is 2. The molecule has 2 bridgehead atoms. The molecule has 1 heterocycles. The molecule has 2 saturated carbocycles. The maximum Gasteiger partial charge on any atom is 0.407 e. The summed E-state index contributed by atoms with van der Waals surface area (Å²) in [6.45, 7) is 3.10. The Labute approximate surface area is 100 Å². The van der Waals surface area contributed by atoms with Gasteiger partial charge >= 0.3 is 6.09 Å². The normalized spacial score (nSPS) is 41.1. The van der Waals surface area contributed by atoms with Gasteiger partial charge in [0.05, 0.1) is 7.11 Å². The van der Waals surface area contributed by atoms with Crippen LogP contribution in [0.25, 0.3) is 0 Å². The molecule has 1 N–H and O–H groups in total. The van der Waals surface area contributed by atoms with Gasteiger partial charge in [0.2, 0.25) is 5.91 Å². The Morgan fingerprint density at radius 2 is 2.24 bits per heavy atom. The molecule has 3 atom stereocenters. The SMILES string of the molecule is COC(=O)NCC(=O)N1CC23C[C@H]2CC1(C)C3. The summed E-state index contributed by atoms with van der Waals surface area (Å²) in [5.41, 5.74) is 0.480. The second-order valence-electron chi connectivity index (χ2n) is 5.97. The second-order valence-corrected chi connectivity index (χ2v) is 5.97. The van der Waals surface area contributed by atoms with Gasteiger partial charge < -0.3 is 15.0 Å². The van der Waals surface area contributed by atoms with Crippen LogP contribution in [0.2, 0.25) is 0 Å². The van der Waals surface area contributed by atoms with Crippen LogP contribution in [0, 0.1) is 11.3 Å². The van der Waals surface area contributed by atoms with Gasteiger partial charge in [-0.2, -0.15) is 0 Å². The molecule has 2 unspecified atom stereocenters. The van der Waals surface area contributed by atoms with Crippen molar-refractivity contribution >= 4 is 12.0 Å². The molecule has 0 aromatic heterocycles. The number of likely N-dealkylation sites (tertiary alicyclic amines) is 1. The van der Waals surface area contributed by atoms with E-state index in [-0.39, 0.29) is 18.0 Å². The average Bonchev–Trinajstić information content (AvgIpc) is 2.76. The van der Waals surface area contributed by atoms with E-state index in [1.807, 2.05) is 4.90 Å². The lowest BCUT2D eigenvalue weighted by molar-refractivity contribution is -0.134. The van der Waals surface area contributed by atoms with E-state index in [9.17, 15) is 9.59 Å². The van der Waals surface area contributed by atoms with E-state index in [0.717, 1.165) is 25.3 Å². The topological polar surface area (TPSA) is 58.6 Å². The third-order valence-electron chi connectivity index (χ3n) is 4.77. The van der Waals surface area contributed by atoms with Gasteiger partial charge in [-0.3, -0.25) is 4.79 Å². The Balaban J connectivity index is 1.62. The van der Waals surface area contributed by atoms with E-state index in [1.165, 1.54) is 13.5 Å². The summed E-state index contributed by atoms with van der Waals surface area (Å²) in [5, 5.41) is 2.46. The van der Waals surface area contributed by atoms with Crippen LogP contribution in [-0.2, 0) is 9.53 Å². The number of alkyl carbamates (subject to hydrolysis) is 1. The number of hydrogen-bond acceptors (Lipinski definition) is 3. The zero-order valence-electron chi connectivity index (χ0n) is 10.3. The molecule has 1 saturated heterocycles. The van der Waals surface area contributed by atoms with Crippen LogP contribution in [0.15, 0.2) is 0 Å². The predicted molar refractivity (Wildman–Crippen MR) is 60.3 cm³/mol. The van der Waals surface area contributed by atoms with Gasteiger partial charge in [-0.1, -0.05) is 0 Å². The number of carbonyl (C=O) groups is 2. The average molecular weight is 238 g/mol. The van der Waals surface area contributed by atoms with Crippen LogP contribution in [-0.4, -0.2) is 42.6 Å². The lowest BCUT2D eigenvalue weighted by atomic mass is 9.96. The molecule has 5 heteroatoms. The van der Waals surface area contributed by atoms with E-state index >= 15 is 0 Å². The summed E-state index contributed by atoms with van der Waals surface area (Å²) in [5.74, 6) is 0.866. The zero-order chi connectivity index (χ0) is 12.3. The van der Waals surface area contributed by atoms with Crippen molar-refractivity contribution in [3.05, 3.63) is 0 Å². The number of nitrogens with one attached hydrogen (secondary N) is 1. The Morgan fingerprint density at radius 1 is 1.47 bits per heavy atom. The van der Waals surface area contributed by atoms with E-state index in [1.54, 1.807) is 0 Å². The summed E-state index contributed by atoms with van der Waals surface area (Å²) in [4.78, 5) is 25.0. The summed E-state index contributed by atoms with van der Waals surface area (Å²) in [6, 6.07) is 0. The third-order valence-corrected chi connectivity index (χ3v) is 4.77. The van der Waals surface area contributed by atoms with Gasteiger partial charge in [0.15, 0.2) is 0 Å². The predicted octanol–water partition coefficient (Wildman–Crippen LogP) is 0.743. The highest BCUT2D eigenvalue weighted by molar-refractivity contribution is 5.83. The number of nitrogens with zero attached hydrogens (tertiary/aromatic N) is 1. The summed E-state index contributed by atoms with van der Waals surface area (Å²) >= 11 is 0. The van der Waals surface area contributed by atoms with Gasteiger partial charge in [-0.25, -0.2) is 4.79 Å². The molecule has 3 fully saturated rings. The molecule has 94 valence electrons. The van der Waals surface area contributed by atoms with E-state index in [4.69, 9.17) is 0 Å². The van der Waals surface area contributed by atoms with Crippen LogP contribution in [0.3, 0.4) is 0 Å². The molecule has 2 amide bonds. The third kappa shape index (κ3) is 1.44. The number of rotatable bonds is 2. The molecule has 3 rings (SSSR count). The lowest BCUT2D eigenvalue weighted by Gasteiger charge is -2.36. The van der Waals surface area contributed by atoms with Crippen LogP contribution in [0.1, 0.15) is 26.2 Å². The molecular weight excluding hydrogens is 220 g/mol. The molecule has 2 aliphatic carbocycles. The Kier molecular flexibility index (Phi) is 2.01. The van der Waals surface area contributed by atoms with Crippen molar-refractivity contribution in [1.82, 2.24) is 10.2 Å². The molecule has 5 nitrogen and oxygen atoms in total. The summed E-state index contributed by atoms with van der Waals surface area (Å²) in [6.07, 6.45) is 3.03. The molecule has 0 radical (unpaired) electrons. The van der Waals surface area contributed by atoms with Crippen LogP contribution < -0.4 is 5.32 Å². The number of fused-ring (bicyclic) bond motifs is 1. The first kappa shape index (κ1) is 10.9. The Morgan fingerprint density at radius 3 is 2.76 bits per heavy atom. The van der Waals surface area contributed by atoms with Crippen molar-refractivity contribution in [2.45, 2.75) is 31.7 Å². The van der Waals surface area contributed by atoms with Gasteiger partial charge in [-0.15, -0.1) is 0 Å². The minimum Gasteiger partial charge on any atom is -0.453 e. The maximum absolute atomic E-state index is 12.1. The number of ether oxygens (including phenoxy) is 1. The minimum absolute atomic E-state index is 0.0140. The molecule has 0 aromatic rings. The highest BCUT2D eigenvalue weighted by Gasteiger charge is 2.71. The highest BCUT2D eigenvalue weighted by atomic mass is 16.5. The minimum atomic E-state index is -0.546. The van der Waals surface area contributed by atoms with Crippen molar-refractivity contribution in [2.75, 3.05) is 20.2 Å². The fourth-order valence-corrected chi connectivity index (χ4v) is 3.96. The van der Waals surface area contributed by atoms with E-state index in [2.05, 4.69) is 17.0 Å². The molecule has 17 heavy (non-hydrogen) atoms. The fourth-order valence-electron chi connectivity index (χ4n) is 3.96. The van der Waals surface area contributed by atoms with Crippen LogP contribution in [0.5, 0.6) is 0 Å². The van der Waals surface area contributed by atoms with Crippen molar-refractivity contribution in [3.8, 4) is 0 Å². The fraction of sp³-hybridized carbons (Fsp3) is 0.833. The number of methoxy groups -OCH3 is 1. The quantitative estimate of drug-likeness (QED) is 0.772. The molecule has 3 aliphatic rings. The van der Waals surface area contributed by atoms with Crippen molar-refractivity contribution in [2.24, 2.45) is 11.3 Å². The second kappa shape index (κ2) is 3.15. The molecule has 1 spiro atoms. The zero-order valence-corrected chi connectivity index (χ0v) is 10.3. The number of carbonyl (C=O) groups excluding carboxylic acids is 2. The standard InChI is InChI=1S/C12H18N2O3/c1-11-3-8-4-12(8,6-11)7-14(11)9(15)5-13-10(16)17-2/h8H,3-7H2,1-2H3,(H,13,16)/t8-,11?,12?/m1/s1. The first-order valence-electron chi connectivity index (χ1n) is 6.11. The first-order valence-corrected chi connectivity index (χ1v) is 6.11. The van der Waals surface area contributed by atoms with Crippen LogP contribution in [0.4, 0.5) is 4.79 Å². The van der Waals surface area contributed by atoms with Crippen molar-refractivity contribution in [3.63, 3.8) is 0 Å². The Bertz CT molecular complexity index is 397. The highest BCUT2D eigenvalue weighted by Crippen LogP contribution is 2.72. The number of hydrogen-bond donors (Lipinski definition) is 1. The van der Waals surface area contributed by atoms with Gasteiger partial charge in [0, 0.05) is 12.1 Å². The van der Waals surface area contributed by atoms with Crippen molar-refractivity contribution < 1.29 is 14.3 Å². The molecule has 0 aromatic carbocycles. The van der Waals surface area contributed by atoms with E-state index in [0.29, 0.717) is 5.41 Å². The monoisotopic (exact) mass is 238 g/mol. The molecule has 1 aliphatic heterocycles. The van der Waals surface area contributed by atoms with E-state index < -0.39 is 6.09 Å². The maximum atomic E-state index is 12.1. The Hall–Kier alpha value is -1.26. The number of piperidine rings is 1. The smallest absolute Gasteiger partial charge is 0.407 e. The largest absolute Gasteiger partial charge is 0.453 e. The first-order chi connectivity index (χ1) is 7.99. The van der Waals surface area contributed by atoms with Gasteiger partial charge in [-0.05, 0) is 37.5 Å². The lowest BCUT2D eigenvalue weighted by Crippen LogP contribution is -2.50.